The molecule has 1 aromatic carbocycles. The predicted molar refractivity (Wildman–Crippen MR) is 134 cm³/mol. The maximum Gasteiger partial charge on any atom is 0.433 e. The number of hydrogen-bond donors (Lipinski definition) is 2. The molecule has 1 atom stereocenters. The molecule has 2 N–H and O–H groups in total. The molecule has 2 fully saturated rings. The summed E-state index contributed by atoms with van der Waals surface area (Å²) in [6, 6.07) is 8.62. The largest absolute Gasteiger partial charge is 0.433 e. The highest BCUT2D eigenvalue weighted by atomic mass is 19.4. The molecule has 0 saturated carbocycles. The lowest BCUT2D eigenvalue weighted by molar-refractivity contribution is -0.141. The van der Waals surface area contributed by atoms with E-state index in [1.165, 1.54) is 0 Å². The van der Waals surface area contributed by atoms with Gasteiger partial charge in [0.1, 0.15) is 23.5 Å². The van der Waals surface area contributed by atoms with E-state index in [1.807, 2.05) is 42.8 Å². The summed E-state index contributed by atoms with van der Waals surface area (Å²) in [5.74, 6) is 0.844. The van der Waals surface area contributed by atoms with E-state index in [0.29, 0.717) is 41.9 Å². The van der Waals surface area contributed by atoms with Gasteiger partial charge in [-0.15, -0.1) is 10.2 Å². The van der Waals surface area contributed by atoms with Crippen LogP contribution in [0.25, 0.3) is 22.2 Å². The van der Waals surface area contributed by atoms with Crippen molar-refractivity contribution in [2.24, 2.45) is 7.05 Å². The number of halogens is 3. The Morgan fingerprint density at radius 1 is 1.16 bits per heavy atom. The normalized spacial score (nSPS) is 19.0. The smallest absolute Gasteiger partial charge is 0.379 e. The van der Waals surface area contributed by atoms with Crippen LogP contribution in [-0.4, -0.2) is 74.2 Å². The zero-order chi connectivity index (χ0) is 26.5. The SMILES string of the molecule is C[C@H](c1nc(C(F)(F)F)cc2c(-c3cccc(C4(Cc5nncn5C)COC4)c3)n[nH]c12)N1CCNCC1. The van der Waals surface area contributed by atoms with Crippen LogP contribution in [0.2, 0.25) is 0 Å². The summed E-state index contributed by atoms with van der Waals surface area (Å²) in [6.07, 6.45) is -2.27. The van der Waals surface area contributed by atoms with Crippen molar-refractivity contribution in [3.8, 4) is 11.3 Å². The lowest BCUT2D eigenvalue weighted by Crippen LogP contribution is -2.49. The van der Waals surface area contributed by atoms with Gasteiger partial charge in [-0.1, -0.05) is 18.2 Å². The Balaban J connectivity index is 1.43. The number of aryl methyl sites for hydroxylation is 1. The molecule has 0 unspecified atom stereocenters. The molecule has 6 rings (SSSR count). The topological polar surface area (TPSA) is 96.8 Å². The zero-order valence-electron chi connectivity index (χ0n) is 21.2. The number of aromatic amines is 1. The third-order valence-electron chi connectivity index (χ3n) is 7.77. The van der Waals surface area contributed by atoms with Crippen molar-refractivity contribution >= 4 is 10.9 Å². The molecule has 200 valence electrons. The second-order valence-electron chi connectivity index (χ2n) is 10.2. The highest BCUT2D eigenvalue weighted by Gasteiger charge is 2.42. The van der Waals surface area contributed by atoms with E-state index >= 15 is 0 Å². The fourth-order valence-corrected chi connectivity index (χ4v) is 5.44. The molecular weight excluding hydrogens is 497 g/mol. The van der Waals surface area contributed by atoms with Crippen molar-refractivity contribution in [1.29, 1.82) is 0 Å². The monoisotopic (exact) mass is 526 g/mol. The summed E-state index contributed by atoms with van der Waals surface area (Å²) in [5, 5.41) is 19.4. The van der Waals surface area contributed by atoms with Crippen molar-refractivity contribution in [2.45, 2.75) is 31.0 Å². The Kier molecular flexibility index (Phi) is 6.20. The maximum atomic E-state index is 14.0. The minimum Gasteiger partial charge on any atom is -0.379 e. The molecule has 4 aromatic rings. The number of nitrogens with one attached hydrogen (secondary N) is 2. The highest BCUT2D eigenvalue weighted by molar-refractivity contribution is 5.94. The molecule has 5 heterocycles. The standard InChI is InChI=1S/C26H29F3N8O/c1-16(37-8-6-30-7-9-37)22-24-19(11-20(32-22)26(27,28)29)23(34-35-24)17-4-3-5-18(10-17)25(13-38-14-25)12-21-33-31-15-36(21)2/h3-5,10-11,15-16,30H,6-9,12-14H2,1-2H3,(H,34,35)/t16-/m1/s1. The van der Waals surface area contributed by atoms with Gasteiger partial charge in [0.05, 0.1) is 30.5 Å². The van der Waals surface area contributed by atoms with E-state index < -0.39 is 11.9 Å². The first-order valence-electron chi connectivity index (χ1n) is 12.7. The molecule has 38 heavy (non-hydrogen) atoms. The molecular formula is C26H29F3N8O. The van der Waals surface area contributed by atoms with Crippen LogP contribution in [0.1, 0.15) is 35.7 Å². The lowest BCUT2D eigenvalue weighted by Gasteiger charge is -2.41. The maximum absolute atomic E-state index is 14.0. The third kappa shape index (κ3) is 4.36. The van der Waals surface area contributed by atoms with E-state index in [9.17, 15) is 13.2 Å². The molecule has 0 aliphatic carbocycles. The number of pyridine rings is 1. The van der Waals surface area contributed by atoms with Gasteiger partial charge in [0.25, 0.3) is 0 Å². The summed E-state index contributed by atoms with van der Waals surface area (Å²) in [4.78, 5) is 6.24. The Bertz CT molecular complexity index is 1450. The Labute approximate surface area is 217 Å². The number of fused-ring (bicyclic) bond motifs is 1. The van der Waals surface area contributed by atoms with Crippen LogP contribution in [0.3, 0.4) is 0 Å². The van der Waals surface area contributed by atoms with Crippen molar-refractivity contribution in [1.82, 2.24) is 40.2 Å². The van der Waals surface area contributed by atoms with Gasteiger partial charge in [-0.3, -0.25) is 10.00 Å². The fraction of sp³-hybridized carbons (Fsp3) is 0.462. The minimum absolute atomic E-state index is 0.288. The average molecular weight is 527 g/mol. The van der Waals surface area contributed by atoms with E-state index in [-0.39, 0.29) is 11.5 Å². The molecule has 0 bridgehead atoms. The van der Waals surface area contributed by atoms with Gasteiger partial charge >= 0.3 is 6.18 Å². The number of nitrogens with zero attached hydrogens (tertiary/aromatic N) is 6. The predicted octanol–water partition coefficient (Wildman–Crippen LogP) is 3.25. The first-order chi connectivity index (χ1) is 18.2. The van der Waals surface area contributed by atoms with Crippen LogP contribution < -0.4 is 5.32 Å². The quantitative estimate of drug-likeness (QED) is 0.398. The first-order valence-corrected chi connectivity index (χ1v) is 12.7. The molecule has 0 amide bonds. The van der Waals surface area contributed by atoms with E-state index in [0.717, 1.165) is 49.2 Å². The van der Waals surface area contributed by atoms with E-state index in [1.54, 1.807) is 6.33 Å². The number of piperazine rings is 1. The molecule has 12 heteroatoms. The summed E-state index contributed by atoms with van der Waals surface area (Å²) >= 11 is 0. The van der Waals surface area contributed by atoms with Crippen LogP contribution in [0.4, 0.5) is 13.2 Å². The Morgan fingerprint density at radius 3 is 2.61 bits per heavy atom. The van der Waals surface area contributed by atoms with Crippen LogP contribution >= 0.6 is 0 Å². The van der Waals surface area contributed by atoms with Crippen LogP contribution in [0, 0.1) is 0 Å². The van der Waals surface area contributed by atoms with Crippen molar-refractivity contribution in [3.05, 3.63) is 59.4 Å². The van der Waals surface area contributed by atoms with Crippen molar-refractivity contribution < 1.29 is 17.9 Å². The third-order valence-corrected chi connectivity index (χ3v) is 7.77. The number of aromatic nitrogens is 6. The Morgan fingerprint density at radius 2 is 1.95 bits per heavy atom. The van der Waals surface area contributed by atoms with Crippen LogP contribution in [0.5, 0.6) is 0 Å². The van der Waals surface area contributed by atoms with Gasteiger partial charge in [0.2, 0.25) is 0 Å². The summed E-state index contributed by atoms with van der Waals surface area (Å²) < 4.78 is 49.5. The zero-order valence-corrected chi connectivity index (χ0v) is 21.2. The molecule has 0 radical (unpaired) electrons. The number of H-pyrrole nitrogens is 1. The van der Waals surface area contributed by atoms with Crippen LogP contribution in [0.15, 0.2) is 36.7 Å². The van der Waals surface area contributed by atoms with Crippen molar-refractivity contribution in [2.75, 3.05) is 39.4 Å². The molecule has 2 aliphatic heterocycles. The van der Waals surface area contributed by atoms with Gasteiger partial charge in [-0.25, -0.2) is 4.98 Å². The van der Waals surface area contributed by atoms with Gasteiger partial charge in [-0.2, -0.15) is 18.3 Å². The van der Waals surface area contributed by atoms with Gasteiger partial charge in [0, 0.05) is 56.0 Å². The number of alkyl halides is 3. The van der Waals surface area contributed by atoms with Gasteiger partial charge in [-0.05, 0) is 24.6 Å². The van der Waals surface area contributed by atoms with Gasteiger partial charge in [0.15, 0.2) is 0 Å². The summed E-state index contributed by atoms with van der Waals surface area (Å²) in [6.45, 7) is 6.00. The van der Waals surface area contributed by atoms with Crippen LogP contribution in [-0.2, 0) is 29.8 Å². The lowest BCUT2D eigenvalue weighted by atomic mass is 9.75. The van der Waals surface area contributed by atoms with E-state index in [2.05, 4.69) is 35.6 Å². The summed E-state index contributed by atoms with van der Waals surface area (Å²) in [5.41, 5.74) is 1.93. The molecule has 2 saturated heterocycles. The molecule has 3 aromatic heterocycles. The Hall–Kier alpha value is -3.35. The number of rotatable bonds is 6. The summed E-state index contributed by atoms with van der Waals surface area (Å²) in [7, 11) is 1.90. The fourth-order valence-electron chi connectivity index (χ4n) is 5.44. The second-order valence-corrected chi connectivity index (χ2v) is 10.2. The number of benzene rings is 1. The first kappa shape index (κ1) is 25.0. The molecule has 2 aliphatic rings. The van der Waals surface area contributed by atoms with E-state index in [4.69, 9.17) is 4.74 Å². The molecule has 0 spiro atoms. The number of ether oxygens (including phenoxy) is 1. The number of hydrogen-bond acceptors (Lipinski definition) is 7. The molecule has 9 nitrogen and oxygen atoms in total. The van der Waals surface area contributed by atoms with Crippen molar-refractivity contribution in [3.63, 3.8) is 0 Å². The van der Waals surface area contributed by atoms with Gasteiger partial charge < -0.3 is 14.6 Å². The second kappa shape index (κ2) is 9.44. The minimum atomic E-state index is -4.58. The average Bonchev–Trinajstić information content (AvgIpc) is 3.51. The highest BCUT2D eigenvalue weighted by Crippen LogP contribution is 2.40.